The van der Waals surface area contributed by atoms with Crippen molar-refractivity contribution in [2.75, 3.05) is 19.7 Å². The molecule has 0 fully saturated rings. The zero-order valence-electron chi connectivity index (χ0n) is 10.1. The van der Waals surface area contributed by atoms with E-state index in [1.54, 1.807) is 0 Å². The highest BCUT2D eigenvalue weighted by atomic mass is 16.5. The molecule has 86 valence electrons. The van der Waals surface area contributed by atoms with Crippen molar-refractivity contribution in [3.63, 3.8) is 0 Å². The second kappa shape index (κ2) is 5.69. The van der Waals surface area contributed by atoms with Crippen LogP contribution in [0.3, 0.4) is 0 Å². The molecule has 3 heteroatoms. The van der Waals surface area contributed by atoms with Crippen LogP contribution in [0.5, 0.6) is 0 Å². The summed E-state index contributed by atoms with van der Waals surface area (Å²) < 4.78 is 5.85. The Kier molecular flexibility index (Phi) is 5.64. The SMILES string of the molecule is CC(C)(CN)COC(C)(C)CCCN. The van der Waals surface area contributed by atoms with Crippen LogP contribution in [-0.4, -0.2) is 25.3 Å². The molecule has 0 unspecified atom stereocenters. The molecule has 0 atom stereocenters. The zero-order chi connectivity index (χ0) is 11.2. The van der Waals surface area contributed by atoms with E-state index in [0.29, 0.717) is 13.2 Å². The Morgan fingerprint density at radius 3 is 2.07 bits per heavy atom. The van der Waals surface area contributed by atoms with Crippen LogP contribution >= 0.6 is 0 Å². The highest BCUT2D eigenvalue weighted by Gasteiger charge is 2.23. The summed E-state index contributed by atoms with van der Waals surface area (Å²) in [6, 6.07) is 0. The van der Waals surface area contributed by atoms with Crippen molar-refractivity contribution in [3.05, 3.63) is 0 Å². The molecule has 3 nitrogen and oxygen atoms in total. The Hall–Kier alpha value is -0.120. The molecule has 0 saturated heterocycles. The molecule has 0 aromatic heterocycles. The van der Waals surface area contributed by atoms with E-state index >= 15 is 0 Å². The predicted octanol–water partition coefficient (Wildman–Crippen LogP) is 1.51. The maximum atomic E-state index is 5.85. The number of hydrogen-bond donors (Lipinski definition) is 2. The fourth-order valence-corrected chi connectivity index (χ4v) is 1.05. The molecule has 0 radical (unpaired) electrons. The normalized spacial score (nSPS) is 13.3. The van der Waals surface area contributed by atoms with Crippen LogP contribution in [0.4, 0.5) is 0 Å². The smallest absolute Gasteiger partial charge is 0.0627 e. The Morgan fingerprint density at radius 2 is 1.64 bits per heavy atom. The van der Waals surface area contributed by atoms with Crippen molar-refractivity contribution < 1.29 is 4.74 Å². The first kappa shape index (κ1) is 13.9. The molecular formula is C11H26N2O. The zero-order valence-corrected chi connectivity index (χ0v) is 10.1. The van der Waals surface area contributed by atoms with Gasteiger partial charge in [-0.15, -0.1) is 0 Å². The largest absolute Gasteiger partial charge is 0.375 e. The van der Waals surface area contributed by atoms with Gasteiger partial charge in [-0.05, 0) is 39.8 Å². The Balaban J connectivity index is 3.85. The summed E-state index contributed by atoms with van der Waals surface area (Å²) in [6.45, 7) is 10.5. The number of nitrogens with two attached hydrogens (primary N) is 2. The average Bonchev–Trinajstić information content (AvgIpc) is 2.12. The summed E-state index contributed by atoms with van der Waals surface area (Å²) in [5.74, 6) is 0. The van der Waals surface area contributed by atoms with Crippen molar-refractivity contribution in [1.29, 1.82) is 0 Å². The third-order valence-corrected chi connectivity index (χ3v) is 2.39. The van der Waals surface area contributed by atoms with Gasteiger partial charge in [0.25, 0.3) is 0 Å². The molecule has 0 heterocycles. The lowest BCUT2D eigenvalue weighted by Gasteiger charge is -2.31. The third kappa shape index (κ3) is 6.35. The van der Waals surface area contributed by atoms with Gasteiger partial charge >= 0.3 is 0 Å². The quantitative estimate of drug-likeness (QED) is 0.658. The van der Waals surface area contributed by atoms with Gasteiger partial charge in [0.2, 0.25) is 0 Å². The standard InChI is InChI=1S/C11H26N2O/c1-10(2,8-13)9-14-11(3,4)6-5-7-12/h5-9,12-13H2,1-4H3. The molecule has 0 amide bonds. The van der Waals surface area contributed by atoms with Gasteiger partial charge in [0, 0.05) is 5.41 Å². The molecule has 0 spiro atoms. The average molecular weight is 202 g/mol. The van der Waals surface area contributed by atoms with Crippen LogP contribution in [0.2, 0.25) is 0 Å². The van der Waals surface area contributed by atoms with Crippen molar-refractivity contribution in [1.82, 2.24) is 0 Å². The first-order valence-corrected chi connectivity index (χ1v) is 5.37. The lowest BCUT2D eigenvalue weighted by atomic mass is 9.94. The summed E-state index contributed by atoms with van der Waals surface area (Å²) in [5.41, 5.74) is 11.1. The molecule has 0 aromatic rings. The Labute approximate surface area is 88.2 Å². The van der Waals surface area contributed by atoms with E-state index in [2.05, 4.69) is 27.7 Å². The second-order valence-electron chi connectivity index (χ2n) is 5.31. The van der Waals surface area contributed by atoms with E-state index < -0.39 is 0 Å². The fraction of sp³-hybridized carbons (Fsp3) is 1.00. The maximum Gasteiger partial charge on any atom is 0.0627 e. The van der Waals surface area contributed by atoms with Gasteiger partial charge in [-0.2, -0.15) is 0 Å². The first-order chi connectivity index (χ1) is 6.33. The molecule has 0 rings (SSSR count). The molecule has 0 bridgehead atoms. The topological polar surface area (TPSA) is 61.3 Å². The van der Waals surface area contributed by atoms with Crippen LogP contribution in [0, 0.1) is 5.41 Å². The van der Waals surface area contributed by atoms with E-state index in [9.17, 15) is 0 Å². The second-order valence-corrected chi connectivity index (χ2v) is 5.31. The first-order valence-electron chi connectivity index (χ1n) is 5.37. The molecule has 0 aliphatic rings. The Morgan fingerprint density at radius 1 is 1.07 bits per heavy atom. The van der Waals surface area contributed by atoms with E-state index in [1.807, 2.05) is 0 Å². The summed E-state index contributed by atoms with van der Waals surface area (Å²) in [7, 11) is 0. The Bertz CT molecular complexity index is 155. The molecule has 0 saturated carbocycles. The van der Waals surface area contributed by atoms with Crippen molar-refractivity contribution >= 4 is 0 Å². The molecule has 0 aromatic carbocycles. The molecule has 4 N–H and O–H groups in total. The fourth-order valence-electron chi connectivity index (χ4n) is 1.05. The van der Waals surface area contributed by atoms with Gasteiger partial charge in [0.05, 0.1) is 12.2 Å². The van der Waals surface area contributed by atoms with Crippen molar-refractivity contribution in [2.45, 2.75) is 46.1 Å². The molecule has 0 aliphatic carbocycles. The highest BCUT2D eigenvalue weighted by Crippen LogP contribution is 2.21. The number of rotatable bonds is 7. The van der Waals surface area contributed by atoms with Crippen LogP contribution in [0.15, 0.2) is 0 Å². The van der Waals surface area contributed by atoms with E-state index in [4.69, 9.17) is 16.2 Å². The molecule has 0 aliphatic heterocycles. The number of hydrogen-bond acceptors (Lipinski definition) is 3. The van der Waals surface area contributed by atoms with E-state index in [0.717, 1.165) is 19.4 Å². The maximum absolute atomic E-state index is 5.85. The van der Waals surface area contributed by atoms with E-state index in [1.165, 1.54) is 0 Å². The minimum absolute atomic E-state index is 0.0694. The lowest BCUT2D eigenvalue weighted by Crippen LogP contribution is -2.35. The van der Waals surface area contributed by atoms with Gasteiger partial charge in [-0.1, -0.05) is 13.8 Å². The minimum atomic E-state index is -0.0776. The van der Waals surface area contributed by atoms with Crippen LogP contribution < -0.4 is 11.5 Å². The van der Waals surface area contributed by atoms with Crippen LogP contribution in [-0.2, 0) is 4.74 Å². The van der Waals surface area contributed by atoms with Gasteiger partial charge in [0.15, 0.2) is 0 Å². The highest BCUT2D eigenvalue weighted by molar-refractivity contribution is 4.74. The van der Waals surface area contributed by atoms with Gasteiger partial charge in [-0.25, -0.2) is 0 Å². The van der Waals surface area contributed by atoms with Crippen LogP contribution in [0.1, 0.15) is 40.5 Å². The van der Waals surface area contributed by atoms with Crippen molar-refractivity contribution in [2.24, 2.45) is 16.9 Å². The van der Waals surface area contributed by atoms with E-state index in [-0.39, 0.29) is 11.0 Å². The van der Waals surface area contributed by atoms with Gasteiger partial charge < -0.3 is 16.2 Å². The predicted molar refractivity (Wildman–Crippen MR) is 61.2 cm³/mol. The molecular weight excluding hydrogens is 176 g/mol. The lowest BCUT2D eigenvalue weighted by molar-refractivity contribution is -0.0576. The van der Waals surface area contributed by atoms with Crippen LogP contribution in [0.25, 0.3) is 0 Å². The van der Waals surface area contributed by atoms with Gasteiger partial charge in [-0.3, -0.25) is 0 Å². The summed E-state index contributed by atoms with van der Waals surface area (Å²) in [4.78, 5) is 0. The summed E-state index contributed by atoms with van der Waals surface area (Å²) in [6.07, 6.45) is 2.01. The number of ether oxygens (including phenoxy) is 1. The van der Waals surface area contributed by atoms with Crippen molar-refractivity contribution in [3.8, 4) is 0 Å². The summed E-state index contributed by atoms with van der Waals surface area (Å²) in [5, 5.41) is 0. The summed E-state index contributed by atoms with van der Waals surface area (Å²) >= 11 is 0. The van der Waals surface area contributed by atoms with Gasteiger partial charge in [0.1, 0.15) is 0 Å². The minimum Gasteiger partial charge on any atom is -0.375 e. The third-order valence-electron chi connectivity index (χ3n) is 2.39. The molecule has 14 heavy (non-hydrogen) atoms. The monoisotopic (exact) mass is 202 g/mol.